The Balaban J connectivity index is 1.78. The van der Waals surface area contributed by atoms with Gasteiger partial charge in [-0.05, 0) is 38.0 Å². The molecule has 2 heterocycles. The highest BCUT2D eigenvalue weighted by Crippen LogP contribution is 2.37. The molecule has 39 heavy (non-hydrogen) atoms. The summed E-state index contributed by atoms with van der Waals surface area (Å²) in [5.74, 6) is 0.527. The van der Waals surface area contributed by atoms with E-state index in [1.807, 2.05) is 24.6 Å². The number of nitrogens with zero attached hydrogens (tertiary/aromatic N) is 2. The summed E-state index contributed by atoms with van der Waals surface area (Å²) >= 11 is 0. The van der Waals surface area contributed by atoms with Gasteiger partial charge in [0.25, 0.3) is 0 Å². The van der Waals surface area contributed by atoms with Crippen LogP contribution in [-0.4, -0.2) is 91.4 Å². The van der Waals surface area contributed by atoms with Crippen molar-refractivity contribution in [2.45, 2.75) is 96.4 Å². The van der Waals surface area contributed by atoms with Crippen LogP contribution >= 0.6 is 43.2 Å². The molecule has 224 valence electrons. The molecule has 0 bridgehead atoms. The van der Waals surface area contributed by atoms with Gasteiger partial charge >= 0.3 is 11.9 Å². The summed E-state index contributed by atoms with van der Waals surface area (Å²) in [4.78, 5) is 51.6. The Bertz CT molecular complexity index is 817. The number of hydrogen-bond acceptors (Lipinski definition) is 8. The zero-order chi connectivity index (χ0) is 28.9. The Morgan fingerprint density at radius 1 is 0.718 bits per heavy atom. The minimum absolute atomic E-state index is 0.0618. The first-order chi connectivity index (χ1) is 18.5. The molecule has 2 aliphatic heterocycles. The van der Waals surface area contributed by atoms with Crippen molar-refractivity contribution >= 4 is 66.9 Å². The molecule has 0 aromatic carbocycles. The molecule has 0 spiro atoms. The van der Waals surface area contributed by atoms with E-state index in [-0.39, 0.29) is 23.7 Å². The first-order valence-corrected chi connectivity index (χ1v) is 19.0. The molecule has 0 aliphatic carbocycles. The molecule has 2 rings (SSSR count). The normalized spacial score (nSPS) is 21.8. The second kappa shape index (κ2) is 18.0. The highest BCUT2D eigenvalue weighted by Gasteiger charge is 2.37. The van der Waals surface area contributed by atoms with Crippen LogP contribution in [0.25, 0.3) is 0 Å². The van der Waals surface area contributed by atoms with Gasteiger partial charge in [0.05, 0.1) is 0 Å². The summed E-state index contributed by atoms with van der Waals surface area (Å²) in [6.45, 7) is 9.31. The van der Waals surface area contributed by atoms with Crippen molar-refractivity contribution in [3.63, 3.8) is 0 Å². The fourth-order valence-corrected chi connectivity index (χ4v) is 11.2. The van der Waals surface area contributed by atoms with Crippen LogP contribution in [0.1, 0.15) is 79.1 Å². The molecule has 2 aliphatic rings. The average Bonchev–Trinajstić information content (AvgIpc) is 3.57. The maximum Gasteiger partial charge on any atom is 0.326 e. The topological polar surface area (TPSA) is 115 Å². The number of carboxylic acids is 2. The van der Waals surface area contributed by atoms with Gasteiger partial charge in [0, 0.05) is 47.4 Å². The summed E-state index contributed by atoms with van der Waals surface area (Å²) in [5.41, 5.74) is 0. The Morgan fingerprint density at radius 3 is 1.67 bits per heavy atom. The predicted octanol–water partition coefficient (Wildman–Crippen LogP) is 5.76. The molecule has 2 amide bonds. The van der Waals surface area contributed by atoms with Crippen LogP contribution in [0, 0.1) is 17.8 Å². The van der Waals surface area contributed by atoms with E-state index in [0.717, 1.165) is 31.4 Å². The molecule has 0 aromatic heterocycles. The third-order valence-electron chi connectivity index (χ3n) is 7.22. The number of unbranched alkanes of at least 4 members (excludes halogenated alkanes) is 1. The molecule has 0 saturated carbocycles. The average molecular weight is 623 g/mol. The molecule has 0 aromatic rings. The van der Waals surface area contributed by atoms with Gasteiger partial charge in [-0.2, -0.15) is 0 Å². The second-order valence-electron chi connectivity index (χ2n) is 11.1. The third-order valence-corrected chi connectivity index (χ3v) is 13.2. The Hall–Kier alpha value is -0.720. The molecular weight excluding hydrogens is 577 g/mol. The zero-order valence-corrected chi connectivity index (χ0v) is 27.0. The van der Waals surface area contributed by atoms with Crippen molar-refractivity contribution in [2.24, 2.45) is 17.8 Å². The maximum atomic E-state index is 12.9. The van der Waals surface area contributed by atoms with E-state index in [1.165, 1.54) is 22.6 Å². The number of rotatable bonds is 18. The van der Waals surface area contributed by atoms with Crippen molar-refractivity contribution in [1.29, 1.82) is 0 Å². The molecule has 0 radical (unpaired) electrons. The second-order valence-corrected chi connectivity index (χ2v) is 16.4. The van der Waals surface area contributed by atoms with Crippen molar-refractivity contribution in [3.8, 4) is 0 Å². The van der Waals surface area contributed by atoms with E-state index < -0.39 is 24.0 Å². The molecule has 5 unspecified atom stereocenters. The number of hydrogen-bond donors (Lipinski definition) is 2. The minimum atomic E-state index is -0.914. The van der Waals surface area contributed by atoms with Crippen LogP contribution in [0.5, 0.6) is 0 Å². The number of amides is 2. The van der Waals surface area contributed by atoms with Gasteiger partial charge in [-0.15, -0.1) is 0 Å². The van der Waals surface area contributed by atoms with Gasteiger partial charge in [-0.25, -0.2) is 9.59 Å². The van der Waals surface area contributed by atoms with Crippen LogP contribution < -0.4 is 0 Å². The van der Waals surface area contributed by atoms with Crippen molar-refractivity contribution < 1.29 is 29.4 Å². The van der Waals surface area contributed by atoms with Crippen molar-refractivity contribution in [3.05, 3.63) is 0 Å². The van der Waals surface area contributed by atoms with Gasteiger partial charge < -0.3 is 20.0 Å². The van der Waals surface area contributed by atoms with E-state index in [2.05, 4.69) is 13.8 Å². The van der Waals surface area contributed by atoms with Crippen molar-refractivity contribution in [2.75, 3.05) is 30.3 Å². The van der Waals surface area contributed by atoms with Gasteiger partial charge in [-0.3, -0.25) is 9.59 Å². The largest absolute Gasteiger partial charge is 0.480 e. The molecular formula is C27H46N2O6S4. The SMILES string of the molecule is CC(C)CCCCC(CSSCC(C)C(=O)N1CCCC1C(=O)O)SSCC(C)C(=O)N1CCCC1C(=O)O. The lowest BCUT2D eigenvalue weighted by Crippen LogP contribution is -2.43. The molecule has 8 nitrogen and oxygen atoms in total. The summed E-state index contributed by atoms with van der Waals surface area (Å²) in [6.07, 6.45) is 7.22. The minimum Gasteiger partial charge on any atom is -0.480 e. The zero-order valence-electron chi connectivity index (χ0n) is 23.7. The van der Waals surface area contributed by atoms with Crippen LogP contribution in [0.4, 0.5) is 0 Å². The fraction of sp³-hybridized carbons (Fsp3) is 0.852. The van der Waals surface area contributed by atoms with E-state index in [9.17, 15) is 29.4 Å². The number of carbonyl (C=O) groups is 4. The van der Waals surface area contributed by atoms with E-state index >= 15 is 0 Å². The third kappa shape index (κ3) is 11.6. The van der Waals surface area contributed by atoms with E-state index in [4.69, 9.17) is 0 Å². The quantitative estimate of drug-likeness (QED) is 0.144. The van der Waals surface area contributed by atoms with Gasteiger partial charge in [0.15, 0.2) is 0 Å². The predicted molar refractivity (Wildman–Crippen MR) is 165 cm³/mol. The number of carbonyl (C=O) groups excluding carboxylic acids is 2. The van der Waals surface area contributed by atoms with Crippen LogP contribution in [0.3, 0.4) is 0 Å². The Morgan fingerprint density at radius 2 is 1.18 bits per heavy atom. The summed E-state index contributed by atoms with van der Waals surface area (Å²) in [5, 5.41) is 19.2. The van der Waals surface area contributed by atoms with Crippen LogP contribution in [-0.2, 0) is 19.2 Å². The lowest BCUT2D eigenvalue weighted by Gasteiger charge is -2.25. The van der Waals surface area contributed by atoms with E-state index in [0.29, 0.717) is 48.6 Å². The lowest BCUT2D eigenvalue weighted by molar-refractivity contribution is -0.149. The first-order valence-electron chi connectivity index (χ1n) is 14.1. The smallest absolute Gasteiger partial charge is 0.326 e. The lowest BCUT2D eigenvalue weighted by atomic mass is 10.0. The van der Waals surface area contributed by atoms with Crippen molar-refractivity contribution in [1.82, 2.24) is 9.80 Å². The molecule has 5 atom stereocenters. The van der Waals surface area contributed by atoms with Gasteiger partial charge in [-0.1, -0.05) is 90.1 Å². The Labute approximate surface area is 249 Å². The number of carboxylic acid groups (broad SMARTS) is 2. The monoisotopic (exact) mass is 622 g/mol. The fourth-order valence-electron chi connectivity index (χ4n) is 4.88. The highest BCUT2D eigenvalue weighted by molar-refractivity contribution is 8.78. The summed E-state index contributed by atoms with van der Waals surface area (Å²) in [7, 11) is 6.96. The van der Waals surface area contributed by atoms with Gasteiger partial charge in [0.2, 0.25) is 11.8 Å². The number of likely N-dealkylation sites (tertiary alicyclic amines) is 2. The van der Waals surface area contributed by atoms with E-state index in [1.54, 1.807) is 32.4 Å². The first kappa shape index (κ1) is 34.5. The molecule has 12 heteroatoms. The Kier molecular flexibility index (Phi) is 15.9. The molecule has 2 fully saturated rings. The van der Waals surface area contributed by atoms with Gasteiger partial charge in [0.1, 0.15) is 12.1 Å². The van der Waals surface area contributed by atoms with Crippen LogP contribution in [0.15, 0.2) is 0 Å². The maximum absolute atomic E-state index is 12.9. The highest BCUT2D eigenvalue weighted by atomic mass is 33.1. The summed E-state index contributed by atoms with van der Waals surface area (Å²) in [6, 6.07) is -1.37. The van der Waals surface area contributed by atoms with Crippen LogP contribution in [0.2, 0.25) is 0 Å². The molecule has 2 saturated heterocycles. The summed E-state index contributed by atoms with van der Waals surface area (Å²) < 4.78 is 0. The molecule has 2 N–H and O–H groups in total. The standard InChI is InChI=1S/C27H46N2O6S4/c1-18(2)9-5-6-10-21(39-38-16-20(4)25(31)29-14-8-12-23(29)27(34)35)17-37-36-15-19(3)24(30)28-13-7-11-22(28)26(32)33/h18-23H,5-17H2,1-4H3,(H,32,33)(H,34,35). The number of aliphatic carboxylic acids is 2.